The zero-order valence-electron chi connectivity index (χ0n) is 18.6. The van der Waals surface area contributed by atoms with Crippen molar-refractivity contribution < 1.29 is 18.3 Å². The number of rotatable bonds is 4. The fourth-order valence-corrected chi connectivity index (χ4v) is 6.89. The molecule has 0 radical (unpaired) electrons. The highest BCUT2D eigenvalue weighted by Crippen LogP contribution is 2.49. The van der Waals surface area contributed by atoms with Gasteiger partial charge in [-0.1, -0.05) is 0 Å². The highest BCUT2D eigenvalue weighted by atomic mass is 32.2. The van der Waals surface area contributed by atoms with Crippen molar-refractivity contribution in [2.24, 2.45) is 7.05 Å². The Hall–Kier alpha value is -2.40. The van der Waals surface area contributed by atoms with Gasteiger partial charge >= 0.3 is 0 Å². The maximum absolute atomic E-state index is 13.1. The molecule has 0 aliphatic carbocycles. The standard InChI is InChI=1S/C22H29N5O4S/c1-25-11-19(23-14-25)32(29,30)27-8-6-22(7-9-27)13-26(2)18(12-28)21-20(22)16-5-4-15(31-3)10-17(16)24-21/h4-5,10-11,14,18,24,28H,6-9,12-13H2,1-3H3/t18-/m1/s1. The van der Waals surface area contributed by atoms with E-state index in [1.54, 1.807) is 29.2 Å². The van der Waals surface area contributed by atoms with E-state index in [0.717, 1.165) is 28.9 Å². The summed E-state index contributed by atoms with van der Waals surface area (Å²) in [6.45, 7) is 1.64. The number of aliphatic hydroxyl groups is 1. The van der Waals surface area contributed by atoms with Gasteiger partial charge in [0.05, 0.1) is 26.1 Å². The molecule has 2 aromatic heterocycles. The Morgan fingerprint density at radius 1 is 1.28 bits per heavy atom. The molecule has 0 unspecified atom stereocenters. The lowest BCUT2D eigenvalue weighted by atomic mass is 9.68. The molecule has 10 heteroatoms. The second-order valence-corrected chi connectivity index (χ2v) is 10.9. The molecule has 0 amide bonds. The molecule has 1 aromatic carbocycles. The summed E-state index contributed by atoms with van der Waals surface area (Å²) in [5, 5.41) is 11.3. The van der Waals surface area contributed by atoms with E-state index >= 15 is 0 Å². The smallest absolute Gasteiger partial charge is 0.262 e. The molecule has 32 heavy (non-hydrogen) atoms. The molecule has 3 aromatic rings. The SMILES string of the molecule is COc1ccc2c3c([nH]c2c1)[C@@H](CO)N(C)CC31CCN(S(=O)(=O)c2cn(C)cn2)CC1. The number of aromatic nitrogens is 3. The van der Waals surface area contributed by atoms with Crippen molar-refractivity contribution in [1.29, 1.82) is 0 Å². The van der Waals surface area contributed by atoms with Gasteiger partial charge in [-0.2, -0.15) is 4.31 Å². The summed E-state index contributed by atoms with van der Waals surface area (Å²) in [6.07, 6.45) is 4.46. The number of aromatic amines is 1. The van der Waals surface area contributed by atoms with Crippen LogP contribution >= 0.6 is 0 Å². The fourth-order valence-electron chi connectivity index (χ4n) is 5.48. The molecule has 4 heterocycles. The Bertz CT molecular complexity index is 1260. The van der Waals surface area contributed by atoms with Gasteiger partial charge in [0.25, 0.3) is 10.0 Å². The number of piperidine rings is 1. The Kier molecular flexibility index (Phi) is 5.08. The summed E-state index contributed by atoms with van der Waals surface area (Å²) >= 11 is 0. The molecule has 2 aliphatic rings. The van der Waals surface area contributed by atoms with Crippen molar-refractivity contribution in [3.63, 3.8) is 0 Å². The number of fused-ring (bicyclic) bond motifs is 4. The number of methoxy groups -OCH3 is 1. The van der Waals surface area contributed by atoms with Gasteiger partial charge in [-0.05, 0) is 37.6 Å². The molecule has 1 fully saturated rings. The molecule has 9 nitrogen and oxygen atoms in total. The lowest BCUT2D eigenvalue weighted by Gasteiger charge is -2.49. The number of aliphatic hydroxyl groups excluding tert-OH is 1. The van der Waals surface area contributed by atoms with Crippen LogP contribution in [0.1, 0.15) is 30.1 Å². The highest BCUT2D eigenvalue weighted by molar-refractivity contribution is 7.89. The van der Waals surface area contributed by atoms with Crippen LogP contribution in [0.5, 0.6) is 5.75 Å². The van der Waals surface area contributed by atoms with E-state index in [1.807, 2.05) is 19.2 Å². The van der Waals surface area contributed by atoms with Crippen molar-refractivity contribution in [3.05, 3.63) is 42.0 Å². The average Bonchev–Trinajstić information content (AvgIpc) is 3.38. The maximum Gasteiger partial charge on any atom is 0.262 e. The largest absolute Gasteiger partial charge is 0.497 e. The average molecular weight is 460 g/mol. The van der Waals surface area contributed by atoms with E-state index in [9.17, 15) is 13.5 Å². The zero-order valence-corrected chi connectivity index (χ0v) is 19.4. The molecule has 2 N–H and O–H groups in total. The van der Waals surface area contributed by atoms with Crippen molar-refractivity contribution >= 4 is 20.9 Å². The lowest BCUT2D eigenvalue weighted by Crippen LogP contribution is -2.53. The van der Waals surface area contributed by atoms with Crippen LogP contribution in [0.3, 0.4) is 0 Å². The molecule has 5 rings (SSSR count). The van der Waals surface area contributed by atoms with Gasteiger partial charge in [-0.15, -0.1) is 0 Å². The summed E-state index contributed by atoms with van der Waals surface area (Å²) < 4.78 is 34.8. The first-order valence-electron chi connectivity index (χ1n) is 10.8. The first kappa shape index (κ1) is 21.4. The van der Waals surface area contributed by atoms with E-state index in [0.29, 0.717) is 25.9 Å². The summed E-state index contributed by atoms with van der Waals surface area (Å²) in [7, 11) is 1.82. The molecular formula is C22H29N5O4S. The second kappa shape index (κ2) is 7.58. The van der Waals surface area contributed by atoms with Crippen molar-refractivity contribution in [3.8, 4) is 5.75 Å². The first-order chi connectivity index (χ1) is 15.3. The van der Waals surface area contributed by atoms with Crippen LogP contribution < -0.4 is 4.74 Å². The number of hydrogen-bond donors (Lipinski definition) is 2. The number of ether oxygens (including phenoxy) is 1. The monoisotopic (exact) mass is 459 g/mol. The third kappa shape index (κ3) is 3.16. The predicted molar refractivity (Wildman–Crippen MR) is 120 cm³/mol. The first-order valence-corrected chi connectivity index (χ1v) is 12.2. The van der Waals surface area contributed by atoms with Gasteiger partial charge < -0.3 is 19.4 Å². The number of likely N-dealkylation sites (N-methyl/N-ethyl adjacent to an activating group) is 1. The van der Waals surface area contributed by atoms with Crippen LogP contribution in [0.15, 0.2) is 35.7 Å². The van der Waals surface area contributed by atoms with E-state index in [2.05, 4.69) is 20.9 Å². The molecule has 0 saturated carbocycles. The highest BCUT2D eigenvalue weighted by Gasteiger charge is 2.48. The second-order valence-electron chi connectivity index (χ2n) is 9.00. The zero-order chi connectivity index (χ0) is 22.7. The number of benzene rings is 1. The van der Waals surface area contributed by atoms with Gasteiger partial charge in [-0.3, -0.25) is 4.90 Å². The predicted octanol–water partition coefficient (Wildman–Crippen LogP) is 1.61. The number of H-pyrrole nitrogens is 1. The van der Waals surface area contributed by atoms with Crippen LogP contribution in [0, 0.1) is 0 Å². The summed E-state index contributed by atoms with van der Waals surface area (Å²) in [5.41, 5.74) is 3.01. The number of imidazole rings is 1. The topological polar surface area (TPSA) is 104 Å². The third-order valence-corrected chi connectivity index (χ3v) is 8.90. The molecule has 1 atom stereocenters. The normalized spacial score (nSPS) is 21.8. The molecule has 0 bridgehead atoms. The summed E-state index contributed by atoms with van der Waals surface area (Å²) in [6, 6.07) is 5.89. The Morgan fingerprint density at radius 3 is 2.66 bits per heavy atom. The van der Waals surface area contributed by atoms with Crippen LogP contribution in [0.25, 0.3) is 10.9 Å². The van der Waals surface area contributed by atoms with Crippen molar-refractivity contribution in [1.82, 2.24) is 23.7 Å². The maximum atomic E-state index is 13.1. The van der Waals surface area contributed by atoms with Gasteiger partial charge in [-0.25, -0.2) is 13.4 Å². The van der Waals surface area contributed by atoms with Crippen LogP contribution in [-0.4, -0.2) is 77.7 Å². The number of hydrogen-bond acceptors (Lipinski definition) is 6. The minimum atomic E-state index is -3.62. The quantitative estimate of drug-likeness (QED) is 0.614. The van der Waals surface area contributed by atoms with E-state index in [1.165, 1.54) is 11.9 Å². The molecular weight excluding hydrogens is 430 g/mol. The van der Waals surface area contributed by atoms with E-state index < -0.39 is 10.0 Å². The molecule has 2 aliphatic heterocycles. The minimum absolute atomic E-state index is 0.0176. The summed E-state index contributed by atoms with van der Waals surface area (Å²) in [4.78, 5) is 9.78. The van der Waals surface area contributed by atoms with E-state index in [-0.39, 0.29) is 23.1 Å². The molecule has 172 valence electrons. The van der Waals surface area contributed by atoms with E-state index in [4.69, 9.17) is 4.74 Å². The van der Waals surface area contributed by atoms with Crippen LogP contribution in [0.4, 0.5) is 0 Å². The van der Waals surface area contributed by atoms with Gasteiger partial charge in [0.2, 0.25) is 0 Å². The van der Waals surface area contributed by atoms with Crippen molar-refractivity contribution in [2.75, 3.05) is 40.4 Å². The van der Waals surface area contributed by atoms with Gasteiger partial charge in [0.15, 0.2) is 5.03 Å². The van der Waals surface area contributed by atoms with Gasteiger partial charge in [0.1, 0.15) is 5.75 Å². The van der Waals surface area contributed by atoms with Crippen LogP contribution in [-0.2, 0) is 22.5 Å². The summed E-state index contributed by atoms with van der Waals surface area (Å²) in [5.74, 6) is 0.773. The number of nitrogens with zero attached hydrogens (tertiary/aromatic N) is 4. The van der Waals surface area contributed by atoms with Crippen LogP contribution in [0.2, 0.25) is 0 Å². The third-order valence-electron chi connectivity index (χ3n) is 7.12. The number of sulfonamides is 1. The lowest BCUT2D eigenvalue weighted by molar-refractivity contribution is 0.0797. The minimum Gasteiger partial charge on any atom is -0.497 e. The Labute approximate surface area is 187 Å². The fraction of sp³-hybridized carbons (Fsp3) is 0.500. The number of nitrogens with one attached hydrogen (secondary N) is 1. The molecule has 1 spiro atoms. The number of aryl methyl sites for hydroxylation is 1. The van der Waals surface area contributed by atoms with Crippen molar-refractivity contribution in [2.45, 2.75) is 29.3 Å². The Balaban J connectivity index is 1.53. The molecule has 1 saturated heterocycles. The van der Waals surface area contributed by atoms with Gasteiger partial charge in [0, 0.05) is 61.0 Å². The Morgan fingerprint density at radius 2 is 2.03 bits per heavy atom.